The Labute approximate surface area is 201 Å². The maximum absolute atomic E-state index is 13.2. The molecule has 7 nitrogen and oxygen atoms in total. The number of nitrogens with zero attached hydrogens (tertiary/aromatic N) is 3. The van der Waals surface area contributed by atoms with Crippen LogP contribution in [0.25, 0.3) is 27.7 Å². The number of carbonyl (C=O) groups excluding carboxylic acids is 1. The molecule has 4 aromatic carbocycles. The number of hydrogen-bond donors (Lipinski definition) is 2. The third kappa shape index (κ3) is 4.47. The molecule has 0 atom stereocenters. The number of hydrazone groups is 1. The lowest BCUT2D eigenvalue weighted by Gasteiger charge is -2.07. The van der Waals surface area contributed by atoms with Crippen LogP contribution in [0.15, 0.2) is 102 Å². The highest BCUT2D eigenvalue weighted by Gasteiger charge is 2.17. The van der Waals surface area contributed by atoms with Crippen LogP contribution in [0.3, 0.4) is 0 Å². The quantitative estimate of drug-likeness (QED) is 0.269. The van der Waals surface area contributed by atoms with E-state index in [2.05, 4.69) is 15.6 Å². The molecule has 0 aliphatic rings. The minimum absolute atomic E-state index is 0.0813. The molecule has 1 aromatic heterocycles. The number of fused-ring (bicyclic) bond motifs is 1. The molecule has 35 heavy (non-hydrogen) atoms. The number of nitrogens with one attached hydrogen (secondary N) is 1. The lowest BCUT2D eigenvalue weighted by molar-refractivity contribution is 0.0947. The van der Waals surface area contributed by atoms with Crippen molar-refractivity contribution in [3.05, 3.63) is 108 Å². The number of aromatic nitrogens is 2. The number of aromatic hydroxyl groups is 1. The van der Waals surface area contributed by atoms with E-state index in [0.717, 1.165) is 27.8 Å². The number of rotatable bonds is 6. The highest BCUT2D eigenvalue weighted by Crippen LogP contribution is 2.26. The van der Waals surface area contributed by atoms with Gasteiger partial charge in [-0.2, -0.15) is 10.2 Å². The van der Waals surface area contributed by atoms with Gasteiger partial charge in [0.1, 0.15) is 17.2 Å². The van der Waals surface area contributed by atoms with E-state index >= 15 is 0 Å². The molecule has 1 heterocycles. The molecule has 0 saturated carbocycles. The molecule has 172 valence electrons. The summed E-state index contributed by atoms with van der Waals surface area (Å²) in [5, 5.41) is 20.9. The van der Waals surface area contributed by atoms with Crippen molar-refractivity contribution in [2.45, 2.75) is 0 Å². The predicted molar refractivity (Wildman–Crippen MR) is 136 cm³/mol. The first-order valence-electron chi connectivity index (χ1n) is 11.0. The molecule has 1 amide bonds. The van der Waals surface area contributed by atoms with E-state index in [1.807, 2.05) is 84.9 Å². The van der Waals surface area contributed by atoms with Gasteiger partial charge in [-0.15, -0.1) is 0 Å². The zero-order valence-corrected chi connectivity index (χ0v) is 18.9. The van der Waals surface area contributed by atoms with E-state index < -0.39 is 5.91 Å². The number of benzene rings is 4. The Hall–Kier alpha value is -4.91. The fourth-order valence-corrected chi connectivity index (χ4v) is 3.84. The van der Waals surface area contributed by atoms with E-state index in [0.29, 0.717) is 17.0 Å². The van der Waals surface area contributed by atoms with Crippen LogP contribution in [-0.4, -0.2) is 34.1 Å². The molecule has 7 heteroatoms. The van der Waals surface area contributed by atoms with E-state index in [1.54, 1.807) is 23.9 Å². The number of carbonyl (C=O) groups is 1. The summed E-state index contributed by atoms with van der Waals surface area (Å²) in [6, 6.07) is 29.7. The highest BCUT2D eigenvalue weighted by atomic mass is 16.5. The van der Waals surface area contributed by atoms with Gasteiger partial charge in [0.05, 0.1) is 24.7 Å². The van der Waals surface area contributed by atoms with Gasteiger partial charge in [-0.25, -0.2) is 10.1 Å². The van der Waals surface area contributed by atoms with Gasteiger partial charge in [0.25, 0.3) is 5.91 Å². The van der Waals surface area contributed by atoms with Crippen molar-refractivity contribution >= 4 is 22.9 Å². The molecule has 0 fully saturated rings. The number of methoxy groups -OCH3 is 1. The van der Waals surface area contributed by atoms with E-state index in [1.165, 1.54) is 6.21 Å². The third-order valence-corrected chi connectivity index (χ3v) is 5.64. The molecule has 0 bridgehead atoms. The summed E-state index contributed by atoms with van der Waals surface area (Å²) in [4.78, 5) is 13.2. The second-order valence-electron chi connectivity index (χ2n) is 7.81. The van der Waals surface area contributed by atoms with Gasteiger partial charge in [-0.05, 0) is 59.3 Å². The number of ether oxygens (including phenoxy) is 1. The monoisotopic (exact) mass is 462 g/mol. The van der Waals surface area contributed by atoms with Crippen molar-refractivity contribution in [2.24, 2.45) is 5.10 Å². The van der Waals surface area contributed by atoms with Crippen molar-refractivity contribution < 1.29 is 14.6 Å². The topological polar surface area (TPSA) is 88.7 Å². The number of para-hydroxylation sites is 1. The van der Waals surface area contributed by atoms with Gasteiger partial charge >= 0.3 is 0 Å². The normalized spacial score (nSPS) is 11.1. The minimum atomic E-state index is -0.433. The van der Waals surface area contributed by atoms with Crippen LogP contribution in [0.1, 0.15) is 16.1 Å². The summed E-state index contributed by atoms with van der Waals surface area (Å²) in [6.07, 6.45) is 1.45. The van der Waals surface area contributed by atoms with Crippen molar-refractivity contribution in [3.8, 4) is 28.4 Å². The van der Waals surface area contributed by atoms with Crippen LogP contribution in [0, 0.1) is 0 Å². The molecular weight excluding hydrogens is 440 g/mol. The number of phenolic OH excluding ortho intramolecular Hbond substituents is 1. The SMILES string of the molecule is COc1ccc(-c2cc(C(=O)N/N=C/c3c(O)ccc4ccccc34)n(-c3ccccc3)n2)cc1. The zero-order chi connectivity index (χ0) is 24.2. The van der Waals surface area contributed by atoms with Crippen molar-refractivity contribution in [3.63, 3.8) is 0 Å². The predicted octanol–water partition coefficient (Wildman–Crippen LogP) is 5.17. The van der Waals surface area contributed by atoms with Gasteiger partial charge < -0.3 is 9.84 Å². The Balaban J connectivity index is 1.47. The summed E-state index contributed by atoms with van der Waals surface area (Å²) in [5.74, 6) is 0.384. The van der Waals surface area contributed by atoms with Gasteiger partial charge in [-0.1, -0.05) is 48.5 Å². The first-order chi connectivity index (χ1) is 17.1. The lowest BCUT2D eigenvalue weighted by atomic mass is 10.0. The molecule has 0 aliphatic carbocycles. The van der Waals surface area contributed by atoms with E-state index in [-0.39, 0.29) is 5.75 Å². The van der Waals surface area contributed by atoms with Crippen LogP contribution < -0.4 is 10.2 Å². The van der Waals surface area contributed by atoms with Gasteiger partial charge in [0.2, 0.25) is 0 Å². The Bertz CT molecular complexity index is 1520. The minimum Gasteiger partial charge on any atom is -0.507 e. The molecule has 0 spiro atoms. The number of hydrogen-bond acceptors (Lipinski definition) is 5. The van der Waals surface area contributed by atoms with Crippen LogP contribution in [0.2, 0.25) is 0 Å². The molecule has 2 N–H and O–H groups in total. The molecule has 0 unspecified atom stereocenters. The van der Waals surface area contributed by atoms with Crippen LogP contribution in [0.4, 0.5) is 0 Å². The molecule has 0 saturated heterocycles. The Morgan fingerprint density at radius 1 is 0.971 bits per heavy atom. The van der Waals surface area contributed by atoms with Crippen LogP contribution >= 0.6 is 0 Å². The number of phenols is 1. The fraction of sp³-hybridized carbons (Fsp3) is 0.0357. The molecule has 0 aliphatic heterocycles. The second kappa shape index (κ2) is 9.52. The van der Waals surface area contributed by atoms with Crippen LogP contribution in [0.5, 0.6) is 11.5 Å². The molecule has 0 radical (unpaired) electrons. The zero-order valence-electron chi connectivity index (χ0n) is 18.9. The second-order valence-corrected chi connectivity index (χ2v) is 7.81. The summed E-state index contributed by atoms with van der Waals surface area (Å²) in [7, 11) is 1.61. The standard InChI is InChI=1S/C28H22N4O3/c1-35-22-14-11-20(12-15-22)25-17-26(32(31-25)21-8-3-2-4-9-21)28(34)30-29-18-24-23-10-6-5-7-19(23)13-16-27(24)33/h2-18,33H,1H3,(H,30,34)/b29-18+. The van der Waals surface area contributed by atoms with Crippen molar-refractivity contribution in [1.82, 2.24) is 15.2 Å². The smallest absolute Gasteiger partial charge is 0.290 e. The highest BCUT2D eigenvalue weighted by molar-refractivity contribution is 6.03. The summed E-state index contributed by atoms with van der Waals surface area (Å²) >= 11 is 0. The lowest BCUT2D eigenvalue weighted by Crippen LogP contribution is -2.21. The van der Waals surface area contributed by atoms with Crippen molar-refractivity contribution in [1.29, 1.82) is 0 Å². The third-order valence-electron chi connectivity index (χ3n) is 5.64. The number of amides is 1. The summed E-state index contributed by atoms with van der Waals surface area (Å²) < 4.78 is 6.82. The summed E-state index contributed by atoms with van der Waals surface area (Å²) in [5.41, 5.74) is 5.64. The average Bonchev–Trinajstić information content (AvgIpc) is 3.36. The van der Waals surface area contributed by atoms with Gasteiger partial charge in [0.15, 0.2) is 0 Å². The van der Waals surface area contributed by atoms with Crippen molar-refractivity contribution in [2.75, 3.05) is 7.11 Å². The molecule has 5 rings (SSSR count). The Morgan fingerprint density at radius 3 is 2.49 bits per heavy atom. The van der Waals surface area contributed by atoms with Gasteiger partial charge in [0, 0.05) is 11.1 Å². The first kappa shape index (κ1) is 21.9. The Kier molecular flexibility index (Phi) is 5.96. The largest absolute Gasteiger partial charge is 0.507 e. The maximum Gasteiger partial charge on any atom is 0.290 e. The average molecular weight is 463 g/mol. The molecule has 5 aromatic rings. The first-order valence-corrected chi connectivity index (χ1v) is 11.0. The van der Waals surface area contributed by atoms with Gasteiger partial charge in [-0.3, -0.25) is 4.79 Å². The van der Waals surface area contributed by atoms with E-state index in [4.69, 9.17) is 4.74 Å². The van der Waals surface area contributed by atoms with E-state index in [9.17, 15) is 9.90 Å². The molecular formula is C28H22N4O3. The summed E-state index contributed by atoms with van der Waals surface area (Å²) in [6.45, 7) is 0. The van der Waals surface area contributed by atoms with Crippen LogP contribution in [-0.2, 0) is 0 Å². The Morgan fingerprint density at radius 2 is 1.71 bits per heavy atom. The fourth-order valence-electron chi connectivity index (χ4n) is 3.84. The maximum atomic E-state index is 13.2.